The SMILES string of the molecule is CC(=O)Nc1ccc(-c2cc(C(=N)C(=O)Nc3ccc(C#N)cc3C(=O)O)c(O)cc2N(C)C(C)=O)c(C)c1.[HH]. The third-order valence-electron chi connectivity index (χ3n) is 5.91. The van der Waals surface area contributed by atoms with Crippen LogP contribution in [0.1, 0.15) is 42.3 Å². The number of phenols is 1. The van der Waals surface area contributed by atoms with Crippen molar-refractivity contribution in [2.24, 2.45) is 0 Å². The molecule has 3 aromatic carbocycles. The first-order valence-corrected chi connectivity index (χ1v) is 11.5. The number of amides is 3. The molecular weight excluding hydrogens is 502 g/mol. The number of carbonyl (C=O) groups is 4. The van der Waals surface area contributed by atoms with E-state index in [0.717, 1.165) is 6.07 Å². The molecule has 0 aromatic heterocycles. The van der Waals surface area contributed by atoms with Gasteiger partial charge in [0.1, 0.15) is 11.5 Å². The minimum atomic E-state index is -1.38. The molecule has 0 aliphatic carbocycles. The fourth-order valence-corrected chi connectivity index (χ4v) is 3.89. The predicted molar refractivity (Wildman–Crippen MR) is 147 cm³/mol. The Labute approximate surface area is 225 Å². The van der Waals surface area contributed by atoms with Gasteiger partial charge in [-0.1, -0.05) is 6.07 Å². The van der Waals surface area contributed by atoms with E-state index in [4.69, 9.17) is 10.7 Å². The normalized spacial score (nSPS) is 10.2. The average molecular weight is 530 g/mol. The molecule has 0 saturated heterocycles. The number of aromatic hydroxyl groups is 1. The van der Waals surface area contributed by atoms with Crippen LogP contribution in [0, 0.1) is 23.7 Å². The second kappa shape index (κ2) is 11.3. The van der Waals surface area contributed by atoms with E-state index in [0.29, 0.717) is 28.1 Å². The molecular formula is C28H27N5O6. The summed E-state index contributed by atoms with van der Waals surface area (Å²) in [5, 5.41) is 42.8. The zero-order chi connectivity index (χ0) is 29.0. The largest absolute Gasteiger partial charge is 0.507 e. The number of nitriles is 1. The molecule has 200 valence electrons. The summed E-state index contributed by atoms with van der Waals surface area (Å²) in [5.74, 6) is -3.42. The van der Waals surface area contributed by atoms with Crippen molar-refractivity contribution in [1.82, 2.24) is 0 Å². The van der Waals surface area contributed by atoms with E-state index in [-0.39, 0.29) is 35.6 Å². The number of hydrogen-bond donors (Lipinski definition) is 5. The van der Waals surface area contributed by atoms with Gasteiger partial charge in [-0.2, -0.15) is 5.26 Å². The quantitative estimate of drug-likeness (QED) is 0.285. The van der Waals surface area contributed by atoms with Crippen LogP contribution in [-0.2, 0) is 14.4 Å². The van der Waals surface area contributed by atoms with Gasteiger partial charge < -0.3 is 25.7 Å². The Balaban J connectivity index is 0.00000560. The van der Waals surface area contributed by atoms with E-state index >= 15 is 0 Å². The number of anilines is 3. The summed E-state index contributed by atoms with van der Waals surface area (Å²) in [6, 6.07) is 13.2. The van der Waals surface area contributed by atoms with Gasteiger partial charge in [-0.3, -0.25) is 19.8 Å². The summed E-state index contributed by atoms with van der Waals surface area (Å²) in [7, 11) is 1.51. The summed E-state index contributed by atoms with van der Waals surface area (Å²) in [6.45, 7) is 4.50. The van der Waals surface area contributed by atoms with E-state index < -0.39 is 23.3 Å². The van der Waals surface area contributed by atoms with Gasteiger partial charge in [0, 0.05) is 45.2 Å². The Morgan fingerprint density at radius 3 is 2.23 bits per heavy atom. The lowest BCUT2D eigenvalue weighted by Crippen LogP contribution is -2.26. The number of phenolic OH excluding ortho intramolecular Hbond substituents is 1. The molecule has 0 radical (unpaired) electrons. The van der Waals surface area contributed by atoms with Gasteiger partial charge in [-0.15, -0.1) is 0 Å². The molecule has 0 aliphatic heterocycles. The molecule has 5 N–H and O–H groups in total. The van der Waals surface area contributed by atoms with Crippen molar-refractivity contribution in [2.75, 3.05) is 22.6 Å². The minimum Gasteiger partial charge on any atom is -0.507 e. The first kappa shape index (κ1) is 28.1. The summed E-state index contributed by atoms with van der Waals surface area (Å²) in [5.41, 5.74) is 1.38. The summed E-state index contributed by atoms with van der Waals surface area (Å²) in [4.78, 5) is 49.5. The van der Waals surface area contributed by atoms with Crippen molar-refractivity contribution in [2.45, 2.75) is 20.8 Å². The van der Waals surface area contributed by atoms with Crippen LogP contribution >= 0.6 is 0 Å². The number of nitrogens with zero attached hydrogens (tertiary/aromatic N) is 2. The highest BCUT2D eigenvalue weighted by molar-refractivity contribution is 6.48. The van der Waals surface area contributed by atoms with E-state index in [2.05, 4.69) is 10.6 Å². The highest BCUT2D eigenvalue weighted by Crippen LogP contribution is 2.38. The van der Waals surface area contributed by atoms with Crippen molar-refractivity contribution >= 4 is 46.5 Å². The number of hydrogen-bond acceptors (Lipinski definition) is 7. The van der Waals surface area contributed by atoms with E-state index in [9.17, 15) is 29.4 Å². The van der Waals surface area contributed by atoms with Crippen LogP contribution in [0.4, 0.5) is 17.1 Å². The second-order valence-corrected chi connectivity index (χ2v) is 8.68. The Kier molecular flexibility index (Phi) is 8.11. The first-order chi connectivity index (χ1) is 18.3. The average Bonchev–Trinajstić information content (AvgIpc) is 2.87. The Hall–Kier alpha value is -5.50. The number of nitrogens with one attached hydrogen (secondary N) is 3. The standard InChI is InChI=1S/C28H25N5O6.H2/c1-14-9-18(31-15(2)34)6-7-19(14)20-11-22(25(36)12-24(20)33(4)16(3)35)26(30)27(37)32-23-8-5-17(13-29)10-21(23)28(38)39;/h5-12,30,36H,1-4H3,(H,31,34)(H,32,37)(H,38,39);1H. The maximum atomic E-state index is 13.0. The van der Waals surface area contributed by atoms with Crippen LogP contribution in [0.2, 0.25) is 0 Å². The molecule has 0 unspecified atom stereocenters. The summed E-state index contributed by atoms with van der Waals surface area (Å²) < 4.78 is 0. The highest BCUT2D eigenvalue weighted by atomic mass is 16.4. The Morgan fingerprint density at radius 2 is 1.67 bits per heavy atom. The maximum absolute atomic E-state index is 13.0. The van der Waals surface area contributed by atoms with Crippen LogP contribution in [0.15, 0.2) is 48.5 Å². The number of benzene rings is 3. The number of carboxylic acid groups (broad SMARTS) is 1. The molecule has 0 saturated carbocycles. The molecule has 0 atom stereocenters. The van der Waals surface area contributed by atoms with Gasteiger partial charge in [0.2, 0.25) is 11.8 Å². The number of carboxylic acids is 1. The molecule has 11 heteroatoms. The third-order valence-corrected chi connectivity index (χ3v) is 5.91. The van der Waals surface area contributed by atoms with Crippen molar-refractivity contribution in [3.05, 3.63) is 70.8 Å². The zero-order valence-electron chi connectivity index (χ0n) is 21.5. The molecule has 0 spiro atoms. The van der Waals surface area contributed by atoms with Gasteiger partial charge in [0.15, 0.2) is 0 Å². The van der Waals surface area contributed by atoms with E-state index in [1.807, 2.05) is 6.07 Å². The van der Waals surface area contributed by atoms with Crippen molar-refractivity contribution in [3.8, 4) is 22.9 Å². The number of carbonyl (C=O) groups excluding carboxylic acids is 3. The molecule has 3 amide bonds. The van der Waals surface area contributed by atoms with Crippen LogP contribution in [0.5, 0.6) is 5.75 Å². The maximum Gasteiger partial charge on any atom is 0.337 e. The van der Waals surface area contributed by atoms with Crippen molar-refractivity contribution in [1.29, 1.82) is 10.7 Å². The molecule has 0 heterocycles. The third kappa shape index (κ3) is 6.08. The Bertz CT molecular complexity index is 1590. The summed E-state index contributed by atoms with van der Waals surface area (Å²) >= 11 is 0. The monoisotopic (exact) mass is 529 g/mol. The molecule has 0 aliphatic rings. The predicted octanol–water partition coefficient (Wildman–Crippen LogP) is 4.13. The zero-order valence-corrected chi connectivity index (χ0v) is 21.5. The van der Waals surface area contributed by atoms with Crippen LogP contribution in [0.3, 0.4) is 0 Å². The van der Waals surface area contributed by atoms with Crippen LogP contribution < -0.4 is 15.5 Å². The lowest BCUT2D eigenvalue weighted by atomic mass is 9.94. The van der Waals surface area contributed by atoms with Gasteiger partial charge in [-0.25, -0.2) is 4.79 Å². The van der Waals surface area contributed by atoms with Crippen LogP contribution in [-0.4, -0.2) is 46.7 Å². The molecule has 0 fully saturated rings. The van der Waals surface area contributed by atoms with Crippen molar-refractivity contribution in [3.63, 3.8) is 0 Å². The van der Waals surface area contributed by atoms with Crippen molar-refractivity contribution < 1.29 is 30.8 Å². The second-order valence-electron chi connectivity index (χ2n) is 8.68. The fraction of sp³-hybridized carbons (Fsp3) is 0.143. The molecule has 3 rings (SSSR count). The minimum absolute atomic E-state index is 0. The fourth-order valence-electron chi connectivity index (χ4n) is 3.89. The Morgan fingerprint density at radius 1 is 0.974 bits per heavy atom. The van der Waals surface area contributed by atoms with Gasteiger partial charge in [0.25, 0.3) is 5.91 Å². The number of rotatable bonds is 7. The smallest absolute Gasteiger partial charge is 0.337 e. The molecule has 0 bridgehead atoms. The molecule has 3 aromatic rings. The lowest BCUT2D eigenvalue weighted by molar-refractivity contribution is -0.116. The number of aromatic carboxylic acids is 1. The topological polar surface area (TPSA) is 184 Å². The van der Waals surface area contributed by atoms with Crippen LogP contribution in [0.25, 0.3) is 11.1 Å². The van der Waals surface area contributed by atoms with Gasteiger partial charge >= 0.3 is 5.97 Å². The molecule has 39 heavy (non-hydrogen) atoms. The first-order valence-electron chi connectivity index (χ1n) is 11.5. The van der Waals surface area contributed by atoms with Gasteiger partial charge in [0.05, 0.1) is 28.6 Å². The molecule has 11 nitrogen and oxygen atoms in total. The lowest BCUT2D eigenvalue weighted by Gasteiger charge is -2.22. The van der Waals surface area contributed by atoms with E-state index in [1.165, 1.54) is 50.1 Å². The van der Waals surface area contributed by atoms with E-state index in [1.54, 1.807) is 25.1 Å². The number of aryl methyl sites for hydroxylation is 1. The highest BCUT2D eigenvalue weighted by Gasteiger charge is 2.24. The van der Waals surface area contributed by atoms with Gasteiger partial charge in [-0.05, 0) is 54.4 Å². The summed E-state index contributed by atoms with van der Waals surface area (Å²) in [6.07, 6.45) is 0.